The van der Waals surface area contributed by atoms with E-state index < -0.39 is 15.9 Å². The van der Waals surface area contributed by atoms with E-state index in [9.17, 15) is 13.2 Å². The van der Waals surface area contributed by atoms with E-state index in [4.69, 9.17) is 16.3 Å². The van der Waals surface area contributed by atoms with Crippen molar-refractivity contribution >= 4 is 44.0 Å². The number of rotatable bonds is 8. The molecular weight excluding hydrogens is 472 g/mol. The molecule has 0 aliphatic heterocycles. The largest absolute Gasteiger partial charge is 0.497 e. The Balaban J connectivity index is 1.59. The van der Waals surface area contributed by atoms with Crippen LogP contribution >= 0.6 is 11.6 Å². The van der Waals surface area contributed by atoms with Crippen LogP contribution in [0.4, 0.5) is 5.69 Å². The van der Waals surface area contributed by atoms with E-state index in [1.54, 1.807) is 36.4 Å². The Hall–Kier alpha value is -3.55. The van der Waals surface area contributed by atoms with Gasteiger partial charge in [0.25, 0.3) is 10.0 Å². The van der Waals surface area contributed by atoms with Crippen molar-refractivity contribution in [3.05, 3.63) is 102 Å². The standard InChI is InChI=1S/C26H23ClN2O4S/c1-33-23-13-15-24(16-14-23)34(31,32)29(22-11-9-21(27)10-12-22)18-26(30)28-17-20-7-4-6-19-5-2-3-8-25(19)20/h2-16H,17-18H2,1H3,(H,28,30). The Labute approximate surface area is 203 Å². The number of benzene rings is 4. The number of halogens is 1. The zero-order valence-corrected chi connectivity index (χ0v) is 20.0. The van der Waals surface area contributed by atoms with Gasteiger partial charge in [0.1, 0.15) is 12.3 Å². The molecule has 0 fully saturated rings. The van der Waals surface area contributed by atoms with E-state index >= 15 is 0 Å². The zero-order chi connectivity index (χ0) is 24.1. The second-order valence-electron chi connectivity index (χ2n) is 7.58. The quantitative estimate of drug-likeness (QED) is 0.373. The summed E-state index contributed by atoms with van der Waals surface area (Å²) in [5.74, 6) is 0.102. The molecule has 1 N–H and O–H groups in total. The number of hydrogen-bond donors (Lipinski definition) is 1. The fraction of sp³-hybridized carbons (Fsp3) is 0.115. The van der Waals surface area contributed by atoms with Gasteiger partial charge in [0, 0.05) is 11.6 Å². The maximum Gasteiger partial charge on any atom is 0.264 e. The smallest absolute Gasteiger partial charge is 0.264 e. The Morgan fingerprint density at radius 1 is 0.912 bits per heavy atom. The molecule has 0 aromatic heterocycles. The molecule has 0 aliphatic rings. The molecule has 174 valence electrons. The van der Waals surface area contributed by atoms with Crippen LogP contribution in [0.1, 0.15) is 5.56 Å². The van der Waals surface area contributed by atoms with Crippen LogP contribution in [0.3, 0.4) is 0 Å². The molecule has 4 aromatic carbocycles. The lowest BCUT2D eigenvalue weighted by atomic mass is 10.0. The van der Waals surface area contributed by atoms with Crippen LogP contribution in [-0.4, -0.2) is 28.0 Å². The van der Waals surface area contributed by atoms with Crippen molar-refractivity contribution in [2.75, 3.05) is 18.0 Å². The number of carbonyl (C=O) groups is 1. The fourth-order valence-electron chi connectivity index (χ4n) is 3.62. The lowest BCUT2D eigenvalue weighted by Gasteiger charge is -2.24. The monoisotopic (exact) mass is 494 g/mol. The molecule has 0 unspecified atom stereocenters. The average molecular weight is 495 g/mol. The summed E-state index contributed by atoms with van der Waals surface area (Å²) in [4.78, 5) is 13.0. The number of hydrogen-bond acceptors (Lipinski definition) is 4. The van der Waals surface area contributed by atoms with Crippen molar-refractivity contribution in [2.45, 2.75) is 11.4 Å². The summed E-state index contributed by atoms with van der Waals surface area (Å²) < 4.78 is 33.1. The summed E-state index contributed by atoms with van der Waals surface area (Å²) in [6.45, 7) is -0.113. The van der Waals surface area contributed by atoms with Gasteiger partial charge in [-0.2, -0.15) is 0 Å². The molecule has 1 amide bonds. The minimum atomic E-state index is -4.03. The van der Waals surface area contributed by atoms with Gasteiger partial charge in [-0.3, -0.25) is 9.10 Å². The highest BCUT2D eigenvalue weighted by atomic mass is 35.5. The van der Waals surface area contributed by atoms with Crippen LogP contribution < -0.4 is 14.4 Å². The van der Waals surface area contributed by atoms with Crippen LogP contribution in [0.15, 0.2) is 95.9 Å². The molecule has 4 aromatic rings. The zero-order valence-electron chi connectivity index (χ0n) is 18.4. The van der Waals surface area contributed by atoms with Gasteiger partial charge in [-0.1, -0.05) is 54.1 Å². The number of carbonyl (C=O) groups excluding carboxylic acids is 1. The van der Waals surface area contributed by atoms with Gasteiger partial charge < -0.3 is 10.1 Å². The van der Waals surface area contributed by atoms with Crippen LogP contribution in [0.25, 0.3) is 10.8 Å². The number of methoxy groups -OCH3 is 1. The maximum absolute atomic E-state index is 13.5. The second kappa shape index (κ2) is 10.2. The number of anilines is 1. The maximum atomic E-state index is 13.5. The van der Waals surface area contributed by atoms with Gasteiger partial charge in [0.2, 0.25) is 5.91 Å². The summed E-state index contributed by atoms with van der Waals surface area (Å²) in [6.07, 6.45) is 0. The minimum Gasteiger partial charge on any atom is -0.497 e. The molecular formula is C26H23ClN2O4S. The van der Waals surface area contributed by atoms with Crippen LogP contribution in [0.5, 0.6) is 5.75 Å². The minimum absolute atomic E-state index is 0.0464. The Bertz CT molecular complexity index is 1400. The molecule has 0 aliphatic carbocycles. The van der Waals surface area contributed by atoms with Gasteiger partial charge in [-0.25, -0.2) is 8.42 Å². The lowest BCUT2D eigenvalue weighted by molar-refractivity contribution is -0.119. The molecule has 0 saturated carbocycles. The van der Waals surface area contributed by atoms with Gasteiger partial charge >= 0.3 is 0 Å². The van der Waals surface area contributed by atoms with Crippen LogP contribution in [-0.2, 0) is 21.4 Å². The first kappa shape index (κ1) is 23.6. The highest BCUT2D eigenvalue weighted by Gasteiger charge is 2.27. The summed E-state index contributed by atoms with van der Waals surface area (Å²) in [6, 6.07) is 26.1. The molecule has 0 radical (unpaired) electrons. The number of fused-ring (bicyclic) bond motifs is 1. The van der Waals surface area contributed by atoms with Gasteiger partial charge in [0.05, 0.1) is 17.7 Å². The molecule has 6 nitrogen and oxygen atoms in total. The Morgan fingerprint density at radius 2 is 1.59 bits per heavy atom. The first-order valence-corrected chi connectivity index (χ1v) is 12.4. The first-order valence-electron chi connectivity index (χ1n) is 10.5. The third-order valence-electron chi connectivity index (χ3n) is 5.41. The van der Waals surface area contributed by atoms with E-state index in [-0.39, 0.29) is 18.0 Å². The normalized spacial score (nSPS) is 11.2. The first-order chi connectivity index (χ1) is 16.4. The highest BCUT2D eigenvalue weighted by Crippen LogP contribution is 2.26. The molecule has 0 spiro atoms. The predicted octanol–water partition coefficient (Wildman–Crippen LogP) is 5.01. The van der Waals surface area contributed by atoms with E-state index in [0.717, 1.165) is 20.6 Å². The fourth-order valence-corrected chi connectivity index (χ4v) is 5.17. The van der Waals surface area contributed by atoms with Crippen molar-refractivity contribution in [1.82, 2.24) is 5.32 Å². The number of nitrogens with one attached hydrogen (secondary N) is 1. The average Bonchev–Trinajstić information content (AvgIpc) is 2.86. The number of amides is 1. The van der Waals surface area contributed by atoms with Gasteiger partial charge in [-0.05, 0) is 64.9 Å². The highest BCUT2D eigenvalue weighted by molar-refractivity contribution is 7.92. The predicted molar refractivity (Wildman–Crippen MR) is 135 cm³/mol. The summed E-state index contributed by atoms with van der Waals surface area (Å²) in [5.41, 5.74) is 1.28. The molecule has 4 rings (SSSR count). The third-order valence-corrected chi connectivity index (χ3v) is 7.45. The summed E-state index contributed by atoms with van der Waals surface area (Å²) in [7, 11) is -2.53. The number of nitrogens with zero attached hydrogens (tertiary/aromatic N) is 1. The molecule has 34 heavy (non-hydrogen) atoms. The van der Waals surface area contributed by atoms with E-state index in [0.29, 0.717) is 16.5 Å². The number of ether oxygens (including phenoxy) is 1. The van der Waals surface area contributed by atoms with E-state index in [2.05, 4.69) is 5.32 Å². The van der Waals surface area contributed by atoms with Crippen molar-refractivity contribution < 1.29 is 17.9 Å². The lowest BCUT2D eigenvalue weighted by Crippen LogP contribution is -2.40. The number of sulfonamides is 1. The van der Waals surface area contributed by atoms with E-state index in [1.165, 1.54) is 19.2 Å². The van der Waals surface area contributed by atoms with Crippen LogP contribution in [0, 0.1) is 0 Å². The van der Waals surface area contributed by atoms with Gasteiger partial charge in [0.15, 0.2) is 0 Å². The summed E-state index contributed by atoms with van der Waals surface area (Å²) in [5, 5.41) is 5.42. The molecule has 0 saturated heterocycles. The van der Waals surface area contributed by atoms with Crippen molar-refractivity contribution in [3.63, 3.8) is 0 Å². The topological polar surface area (TPSA) is 75.7 Å². The van der Waals surface area contributed by atoms with E-state index in [1.807, 2.05) is 42.5 Å². The van der Waals surface area contributed by atoms with Crippen LogP contribution in [0.2, 0.25) is 5.02 Å². The Morgan fingerprint density at radius 3 is 2.29 bits per heavy atom. The molecule has 0 atom stereocenters. The molecule has 0 bridgehead atoms. The third kappa shape index (κ3) is 5.16. The molecule has 8 heteroatoms. The molecule has 0 heterocycles. The second-order valence-corrected chi connectivity index (χ2v) is 9.88. The Kier molecular flexibility index (Phi) is 7.05. The SMILES string of the molecule is COc1ccc(S(=O)(=O)N(CC(=O)NCc2cccc3ccccc23)c2ccc(Cl)cc2)cc1. The van der Waals surface area contributed by atoms with Crippen molar-refractivity contribution in [2.24, 2.45) is 0 Å². The van der Waals surface area contributed by atoms with Crippen molar-refractivity contribution in [3.8, 4) is 5.75 Å². The van der Waals surface area contributed by atoms with Crippen molar-refractivity contribution in [1.29, 1.82) is 0 Å². The van der Waals surface area contributed by atoms with Gasteiger partial charge in [-0.15, -0.1) is 0 Å². The summed E-state index contributed by atoms with van der Waals surface area (Å²) >= 11 is 5.99.